The van der Waals surface area contributed by atoms with Gasteiger partial charge in [-0.2, -0.15) is 5.10 Å². The predicted molar refractivity (Wildman–Crippen MR) is 81.0 cm³/mol. The van der Waals surface area contributed by atoms with Gasteiger partial charge in [-0.15, -0.1) is 0 Å². The normalized spacial score (nSPS) is 15.1. The number of halogens is 1. The van der Waals surface area contributed by atoms with Gasteiger partial charge in [0.05, 0.1) is 29.6 Å². The van der Waals surface area contributed by atoms with E-state index in [-0.39, 0.29) is 12.0 Å². The first kappa shape index (κ1) is 17.4. The largest absolute Gasteiger partial charge is 0.384 e. The minimum atomic E-state index is -0.771. The molecular formula is C14H26ClN3O2. The van der Waals surface area contributed by atoms with Crippen LogP contribution in [0.15, 0.2) is 6.20 Å². The number of hydrogen-bond donors (Lipinski definition) is 1. The SMILES string of the molecule is CCOC(C(C)C)C(O)c1c(Cl)cnn1CCN(C)C. The molecule has 20 heavy (non-hydrogen) atoms. The van der Waals surface area contributed by atoms with Crippen LogP contribution in [0.4, 0.5) is 0 Å². The van der Waals surface area contributed by atoms with E-state index in [1.165, 1.54) is 0 Å². The highest BCUT2D eigenvalue weighted by Crippen LogP contribution is 2.29. The highest BCUT2D eigenvalue weighted by Gasteiger charge is 2.29. The molecule has 0 aliphatic carbocycles. The molecule has 0 saturated heterocycles. The van der Waals surface area contributed by atoms with Crippen LogP contribution in [0.25, 0.3) is 0 Å². The summed E-state index contributed by atoms with van der Waals surface area (Å²) in [4.78, 5) is 2.06. The zero-order valence-electron chi connectivity index (χ0n) is 13.0. The average molecular weight is 304 g/mol. The van der Waals surface area contributed by atoms with Gasteiger partial charge >= 0.3 is 0 Å². The Morgan fingerprint density at radius 1 is 1.45 bits per heavy atom. The van der Waals surface area contributed by atoms with Crippen LogP contribution < -0.4 is 0 Å². The molecule has 116 valence electrons. The van der Waals surface area contributed by atoms with Crippen LogP contribution in [0.3, 0.4) is 0 Å². The molecule has 1 rings (SSSR count). The van der Waals surface area contributed by atoms with Crippen LogP contribution in [0, 0.1) is 5.92 Å². The molecule has 0 bridgehead atoms. The van der Waals surface area contributed by atoms with Gasteiger partial charge < -0.3 is 14.7 Å². The first-order valence-electron chi connectivity index (χ1n) is 7.04. The van der Waals surface area contributed by atoms with Crippen LogP contribution in [0.2, 0.25) is 5.02 Å². The molecule has 0 aromatic carbocycles. The zero-order valence-corrected chi connectivity index (χ0v) is 13.8. The van der Waals surface area contributed by atoms with Crippen LogP contribution in [-0.2, 0) is 11.3 Å². The summed E-state index contributed by atoms with van der Waals surface area (Å²) in [6, 6.07) is 0. The predicted octanol–water partition coefficient (Wildman–Crippen LogP) is 2.19. The molecule has 1 heterocycles. The van der Waals surface area contributed by atoms with Crippen molar-refractivity contribution in [2.45, 2.75) is 39.5 Å². The average Bonchev–Trinajstić information content (AvgIpc) is 2.73. The van der Waals surface area contributed by atoms with Crippen LogP contribution in [-0.4, -0.2) is 53.1 Å². The monoisotopic (exact) mass is 303 g/mol. The Morgan fingerprint density at radius 3 is 2.60 bits per heavy atom. The molecule has 0 spiro atoms. The molecule has 2 atom stereocenters. The number of hydrogen-bond acceptors (Lipinski definition) is 4. The Hall–Kier alpha value is -0.620. The van der Waals surface area contributed by atoms with Crippen molar-refractivity contribution < 1.29 is 9.84 Å². The molecule has 0 radical (unpaired) electrons. The first-order valence-corrected chi connectivity index (χ1v) is 7.41. The fraction of sp³-hybridized carbons (Fsp3) is 0.786. The topological polar surface area (TPSA) is 50.5 Å². The summed E-state index contributed by atoms with van der Waals surface area (Å²) in [5, 5.41) is 15.4. The molecular weight excluding hydrogens is 278 g/mol. The second-order valence-electron chi connectivity index (χ2n) is 5.51. The van der Waals surface area contributed by atoms with E-state index in [0.717, 1.165) is 6.54 Å². The van der Waals surface area contributed by atoms with E-state index in [4.69, 9.17) is 16.3 Å². The third-order valence-corrected chi connectivity index (χ3v) is 3.49. The molecule has 0 amide bonds. The van der Waals surface area contributed by atoms with Gasteiger partial charge in [0.2, 0.25) is 0 Å². The lowest BCUT2D eigenvalue weighted by molar-refractivity contribution is -0.0617. The Morgan fingerprint density at radius 2 is 2.10 bits per heavy atom. The lowest BCUT2D eigenvalue weighted by Crippen LogP contribution is -2.30. The fourth-order valence-corrected chi connectivity index (χ4v) is 2.39. The number of ether oxygens (including phenoxy) is 1. The summed E-state index contributed by atoms with van der Waals surface area (Å²) >= 11 is 6.19. The smallest absolute Gasteiger partial charge is 0.123 e. The third kappa shape index (κ3) is 4.45. The summed E-state index contributed by atoms with van der Waals surface area (Å²) in [6.07, 6.45) is 0.526. The standard InChI is InChI=1S/C14H26ClN3O2/c1-6-20-14(10(2)3)13(19)12-11(15)9-16-18(12)8-7-17(4)5/h9-10,13-14,19H,6-8H2,1-5H3. The van der Waals surface area contributed by atoms with E-state index in [9.17, 15) is 5.11 Å². The van der Waals surface area contributed by atoms with E-state index < -0.39 is 6.10 Å². The van der Waals surface area contributed by atoms with Crippen molar-refractivity contribution in [3.8, 4) is 0 Å². The highest BCUT2D eigenvalue weighted by atomic mass is 35.5. The Labute approximate surface area is 126 Å². The summed E-state index contributed by atoms with van der Waals surface area (Å²) in [5.74, 6) is 0.193. The molecule has 0 saturated carbocycles. The maximum absolute atomic E-state index is 10.6. The summed E-state index contributed by atoms with van der Waals surface area (Å²) in [7, 11) is 4.00. The van der Waals surface area contributed by atoms with E-state index in [1.807, 2.05) is 34.9 Å². The van der Waals surface area contributed by atoms with Crippen molar-refractivity contribution in [3.05, 3.63) is 16.9 Å². The molecule has 1 aromatic rings. The van der Waals surface area contributed by atoms with Gasteiger partial charge in [0.25, 0.3) is 0 Å². The van der Waals surface area contributed by atoms with E-state index in [2.05, 4.69) is 10.00 Å². The molecule has 2 unspecified atom stereocenters. The van der Waals surface area contributed by atoms with Crippen molar-refractivity contribution in [2.24, 2.45) is 5.92 Å². The Balaban J connectivity index is 2.95. The second kappa shape index (κ2) is 7.98. The summed E-state index contributed by atoms with van der Waals surface area (Å²) < 4.78 is 7.43. The van der Waals surface area contributed by atoms with Crippen molar-refractivity contribution >= 4 is 11.6 Å². The van der Waals surface area contributed by atoms with Crippen LogP contribution >= 0.6 is 11.6 Å². The van der Waals surface area contributed by atoms with Crippen molar-refractivity contribution in [1.82, 2.24) is 14.7 Å². The lowest BCUT2D eigenvalue weighted by Gasteiger charge is -2.27. The van der Waals surface area contributed by atoms with Gasteiger partial charge in [-0.1, -0.05) is 25.4 Å². The van der Waals surface area contributed by atoms with E-state index in [0.29, 0.717) is 23.9 Å². The molecule has 5 nitrogen and oxygen atoms in total. The van der Waals surface area contributed by atoms with Gasteiger partial charge in [0, 0.05) is 13.2 Å². The molecule has 0 aliphatic rings. The molecule has 1 aromatic heterocycles. The Kier molecular flexibility index (Phi) is 6.95. The minimum Gasteiger partial charge on any atom is -0.384 e. The number of nitrogens with zero attached hydrogens (tertiary/aromatic N) is 3. The minimum absolute atomic E-state index is 0.193. The maximum Gasteiger partial charge on any atom is 0.123 e. The van der Waals surface area contributed by atoms with Gasteiger partial charge in [0.15, 0.2) is 0 Å². The molecule has 0 fully saturated rings. The van der Waals surface area contributed by atoms with Gasteiger partial charge in [-0.3, -0.25) is 4.68 Å². The number of likely N-dealkylation sites (N-methyl/N-ethyl adjacent to an activating group) is 1. The third-order valence-electron chi connectivity index (χ3n) is 3.20. The van der Waals surface area contributed by atoms with Crippen molar-refractivity contribution in [3.63, 3.8) is 0 Å². The van der Waals surface area contributed by atoms with Gasteiger partial charge in [0.1, 0.15) is 6.10 Å². The summed E-state index contributed by atoms with van der Waals surface area (Å²) in [5.41, 5.74) is 0.640. The highest BCUT2D eigenvalue weighted by molar-refractivity contribution is 6.31. The van der Waals surface area contributed by atoms with Crippen molar-refractivity contribution in [1.29, 1.82) is 0 Å². The number of aliphatic hydroxyl groups is 1. The summed E-state index contributed by atoms with van der Waals surface area (Å²) in [6.45, 7) is 8.05. The number of aliphatic hydroxyl groups excluding tert-OH is 1. The second-order valence-corrected chi connectivity index (χ2v) is 5.92. The first-order chi connectivity index (χ1) is 9.38. The van der Waals surface area contributed by atoms with E-state index in [1.54, 1.807) is 10.9 Å². The van der Waals surface area contributed by atoms with Crippen LogP contribution in [0.1, 0.15) is 32.6 Å². The maximum atomic E-state index is 10.6. The van der Waals surface area contributed by atoms with Crippen molar-refractivity contribution in [2.75, 3.05) is 27.2 Å². The van der Waals surface area contributed by atoms with Crippen LogP contribution in [0.5, 0.6) is 0 Å². The van der Waals surface area contributed by atoms with E-state index >= 15 is 0 Å². The van der Waals surface area contributed by atoms with Gasteiger partial charge in [-0.05, 0) is 26.9 Å². The quantitative estimate of drug-likeness (QED) is 0.800. The molecule has 0 aliphatic heterocycles. The number of rotatable bonds is 8. The lowest BCUT2D eigenvalue weighted by atomic mass is 9.99. The Bertz CT molecular complexity index is 407. The zero-order chi connectivity index (χ0) is 15.3. The molecule has 6 heteroatoms. The van der Waals surface area contributed by atoms with Gasteiger partial charge in [-0.25, -0.2) is 0 Å². The number of aromatic nitrogens is 2. The molecule has 1 N–H and O–H groups in total. The fourth-order valence-electron chi connectivity index (χ4n) is 2.14.